The van der Waals surface area contributed by atoms with Crippen molar-refractivity contribution in [3.05, 3.63) is 0 Å². The van der Waals surface area contributed by atoms with E-state index in [1.807, 2.05) is 0 Å². The molecule has 2 aliphatic rings. The van der Waals surface area contributed by atoms with Crippen LogP contribution in [0.4, 0.5) is 0 Å². The van der Waals surface area contributed by atoms with E-state index in [1.54, 1.807) is 6.42 Å². The molecule has 0 atom stereocenters. The fraction of sp³-hybridized carbons (Fsp3) is 1.00. The average molecular weight is 166 g/mol. The first-order valence-electron chi connectivity index (χ1n) is 5.73. The van der Waals surface area contributed by atoms with Gasteiger partial charge in [0.2, 0.25) is 0 Å². The van der Waals surface area contributed by atoms with Gasteiger partial charge in [0, 0.05) is 0 Å². The fourth-order valence-corrected chi connectivity index (χ4v) is 3.55. The van der Waals surface area contributed by atoms with Crippen LogP contribution in [0.15, 0.2) is 0 Å². The highest BCUT2D eigenvalue weighted by Gasteiger charge is 2.40. The van der Waals surface area contributed by atoms with Crippen LogP contribution in [0.1, 0.15) is 58.8 Å². The van der Waals surface area contributed by atoms with Gasteiger partial charge in [-0.05, 0) is 36.5 Å². The monoisotopic (exact) mass is 166 g/mol. The minimum Gasteiger partial charge on any atom is -0.0622 e. The molecule has 0 aromatic carbocycles. The molecule has 0 spiro atoms. The second-order valence-electron chi connectivity index (χ2n) is 5.37. The summed E-state index contributed by atoms with van der Waals surface area (Å²) in [7, 11) is 0. The molecule has 0 unspecified atom stereocenters. The lowest BCUT2D eigenvalue weighted by atomic mass is 9.57. The molecule has 0 nitrogen and oxygen atoms in total. The third-order valence-corrected chi connectivity index (χ3v) is 4.49. The Morgan fingerprint density at radius 2 is 1.67 bits per heavy atom. The summed E-state index contributed by atoms with van der Waals surface area (Å²) in [5.74, 6) is 2.04. The van der Waals surface area contributed by atoms with Crippen molar-refractivity contribution < 1.29 is 0 Å². The van der Waals surface area contributed by atoms with Crippen molar-refractivity contribution in [1.29, 1.82) is 0 Å². The normalized spacial score (nSPS) is 41.8. The Labute approximate surface area is 76.7 Å². The first-order chi connectivity index (χ1) is 5.73. The van der Waals surface area contributed by atoms with Crippen molar-refractivity contribution in [1.82, 2.24) is 0 Å². The number of rotatable bonds is 1. The van der Waals surface area contributed by atoms with Gasteiger partial charge >= 0.3 is 0 Å². The van der Waals surface area contributed by atoms with Gasteiger partial charge in [-0.3, -0.25) is 0 Å². The SMILES string of the molecule is CC(C)C12CCCC(CCC1)C2. The van der Waals surface area contributed by atoms with Gasteiger partial charge in [0.15, 0.2) is 0 Å². The summed E-state index contributed by atoms with van der Waals surface area (Å²) >= 11 is 0. The Morgan fingerprint density at radius 3 is 2.08 bits per heavy atom. The summed E-state index contributed by atoms with van der Waals surface area (Å²) in [6.45, 7) is 4.88. The van der Waals surface area contributed by atoms with Gasteiger partial charge in [0.25, 0.3) is 0 Å². The second kappa shape index (κ2) is 3.05. The Bertz CT molecular complexity index is 147. The van der Waals surface area contributed by atoms with E-state index in [9.17, 15) is 0 Å². The molecule has 2 aliphatic carbocycles. The molecule has 0 N–H and O–H groups in total. The molecule has 2 saturated carbocycles. The fourth-order valence-electron chi connectivity index (χ4n) is 3.55. The molecule has 0 amide bonds. The summed E-state index contributed by atoms with van der Waals surface area (Å²) < 4.78 is 0. The minimum atomic E-state index is 0.779. The summed E-state index contributed by atoms with van der Waals surface area (Å²) in [5, 5.41) is 0. The van der Waals surface area contributed by atoms with Crippen molar-refractivity contribution >= 4 is 0 Å². The molecule has 0 aromatic heterocycles. The Hall–Kier alpha value is 0. The molecule has 12 heavy (non-hydrogen) atoms. The number of hydrogen-bond acceptors (Lipinski definition) is 0. The molecule has 0 heteroatoms. The maximum Gasteiger partial charge on any atom is -0.0272 e. The van der Waals surface area contributed by atoms with Gasteiger partial charge in [-0.15, -0.1) is 0 Å². The zero-order valence-electron chi connectivity index (χ0n) is 8.60. The number of fused-ring (bicyclic) bond motifs is 2. The Balaban J connectivity index is 2.12. The second-order valence-corrected chi connectivity index (χ2v) is 5.37. The minimum absolute atomic E-state index is 0.779. The molecule has 0 heterocycles. The quantitative estimate of drug-likeness (QED) is 0.552. The maximum atomic E-state index is 2.44. The van der Waals surface area contributed by atoms with Crippen LogP contribution in [0.5, 0.6) is 0 Å². The van der Waals surface area contributed by atoms with Crippen molar-refractivity contribution in [2.75, 3.05) is 0 Å². The van der Waals surface area contributed by atoms with Crippen LogP contribution in [0, 0.1) is 17.3 Å². The van der Waals surface area contributed by atoms with Crippen molar-refractivity contribution in [3.8, 4) is 0 Å². The van der Waals surface area contributed by atoms with Gasteiger partial charge in [-0.25, -0.2) is 0 Å². The first kappa shape index (κ1) is 8.59. The van der Waals surface area contributed by atoms with E-state index in [1.165, 1.54) is 38.5 Å². The predicted octanol–water partition coefficient (Wildman–Crippen LogP) is 4.00. The van der Waals surface area contributed by atoms with E-state index in [2.05, 4.69) is 13.8 Å². The Kier molecular flexibility index (Phi) is 2.18. The van der Waals surface area contributed by atoms with Crippen LogP contribution in [0.2, 0.25) is 0 Å². The first-order valence-corrected chi connectivity index (χ1v) is 5.73. The third-order valence-electron chi connectivity index (χ3n) is 4.49. The molecule has 0 radical (unpaired) electrons. The highest BCUT2D eigenvalue weighted by molar-refractivity contribution is 4.92. The van der Waals surface area contributed by atoms with Crippen molar-refractivity contribution in [2.24, 2.45) is 17.3 Å². The molecule has 2 bridgehead atoms. The lowest BCUT2D eigenvalue weighted by Gasteiger charge is -2.48. The van der Waals surface area contributed by atoms with Gasteiger partial charge in [0.05, 0.1) is 0 Å². The zero-order valence-corrected chi connectivity index (χ0v) is 8.60. The van der Waals surface area contributed by atoms with Gasteiger partial charge < -0.3 is 0 Å². The van der Waals surface area contributed by atoms with Crippen LogP contribution in [-0.4, -0.2) is 0 Å². The molecular weight excluding hydrogens is 144 g/mol. The lowest BCUT2D eigenvalue weighted by Crippen LogP contribution is -2.36. The van der Waals surface area contributed by atoms with Crippen LogP contribution in [0.25, 0.3) is 0 Å². The van der Waals surface area contributed by atoms with E-state index in [0.29, 0.717) is 0 Å². The smallest absolute Gasteiger partial charge is 0.0272 e. The van der Waals surface area contributed by atoms with Crippen molar-refractivity contribution in [3.63, 3.8) is 0 Å². The van der Waals surface area contributed by atoms with Gasteiger partial charge in [-0.2, -0.15) is 0 Å². The summed E-state index contributed by atoms with van der Waals surface area (Å²) in [6, 6.07) is 0. The molecule has 0 aliphatic heterocycles. The number of hydrogen-bond donors (Lipinski definition) is 0. The highest BCUT2D eigenvalue weighted by atomic mass is 14.5. The summed E-state index contributed by atoms with van der Waals surface area (Å²) in [6.07, 6.45) is 10.7. The summed E-state index contributed by atoms with van der Waals surface area (Å²) in [5.41, 5.74) is 0.779. The topological polar surface area (TPSA) is 0 Å². The molecule has 70 valence electrons. The van der Waals surface area contributed by atoms with E-state index >= 15 is 0 Å². The van der Waals surface area contributed by atoms with Crippen LogP contribution >= 0.6 is 0 Å². The van der Waals surface area contributed by atoms with Crippen LogP contribution < -0.4 is 0 Å². The molecular formula is C12H22. The van der Waals surface area contributed by atoms with E-state index < -0.39 is 0 Å². The molecule has 0 aromatic rings. The predicted molar refractivity (Wildman–Crippen MR) is 53.1 cm³/mol. The van der Waals surface area contributed by atoms with Crippen LogP contribution in [0.3, 0.4) is 0 Å². The van der Waals surface area contributed by atoms with Gasteiger partial charge in [-0.1, -0.05) is 39.5 Å². The van der Waals surface area contributed by atoms with Crippen LogP contribution in [-0.2, 0) is 0 Å². The summed E-state index contributed by atoms with van der Waals surface area (Å²) in [4.78, 5) is 0. The third kappa shape index (κ3) is 1.30. The maximum absolute atomic E-state index is 2.44. The van der Waals surface area contributed by atoms with E-state index in [4.69, 9.17) is 0 Å². The standard InChI is InChI=1S/C12H22/c1-10(2)12-7-3-5-11(9-12)6-4-8-12/h10-11H,3-9H2,1-2H3. The average Bonchev–Trinajstić information content (AvgIpc) is 2.04. The van der Waals surface area contributed by atoms with Crippen molar-refractivity contribution in [2.45, 2.75) is 58.8 Å². The highest BCUT2D eigenvalue weighted by Crippen LogP contribution is 2.52. The largest absolute Gasteiger partial charge is 0.0622 e. The lowest BCUT2D eigenvalue weighted by molar-refractivity contribution is 0.0322. The molecule has 2 fully saturated rings. The molecule has 0 saturated heterocycles. The Morgan fingerprint density at radius 1 is 1.08 bits per heavy atom. The van der Waals surface area contributed by atoms with E-state index in [-0.39, 0.29) is 0 Å². The van der Waals surface area contributed by atoms with Gasteiger partial charge in [0.1, 0.15) is 0 Å². The molecule has 2 rings (SSSR count). The van der Waals surface area contributed by atoms with E-state index in [0.717, 1.165) is 17.3 Å². The zero-order chi connectivity index (χ0) is 8.60.